The molecule has 1 aromatic rings. The maximum atomic E-state index is 11.2. The number of hydrogen-bond acceptors (Lipinski definition) is 2. The summed E-state index contributed by atoms with van der Waals surface area (Å²) < 4.78 is 1.95. The maximum Gasteiger partial charge on any atom is 0.253 e. The minimum atomic E-state index is -1.07. The van der Waals surface area contributed by atoms with Crippen LogP contribution in [0.15, 0.2) is 6.07 Å². The molecule has 1 unspecified atom stereocenters. The number of aliphatic hydroxyl groups excluding tert-OH is 1. The topological polar surface area (TPSA) is 54.3 Å². The molecule has 78 valence electrons. The third-order valence-corrected chi connectivity index (χ3v) is 2.60. The molecule has 0 aromatic carbocycles. The summed E-state index contributed by atoms with van der Waals surface area (Å²) in [5, 5.41) is 12.1. The average molecular weight is 196 g/mol. The van der Waals surface area contributed by atoms with Gasteiger partial charge < -0.3 is 15.0 Å². The minimum Gasteiger partial charge on any atom is -0.378 e. The number of carbonyl (C=O) groups excluding carboxylic acids is 1. The standard InChI is InChI=1S/C10H16N2O2/c1-6-5-8(7(2)12(6)4)9(13)10(14)11-3/h5,9,13H,1-4H3,(H,11,14). The molecule has 0 saturated carbocycles. The van der Waals surface area contributed by atoms with Crippen LogP contribution in [0.4, 0.5) is 0 Å². The van der Waals surface area contributed by atoms with E-state index in [1.54, 1.807) is 0 Å². The normalized spacial score (nSPS) is 12.6. The molecule has 0 saturated heterocycles. The van der Waals surface area contributed by atoms with Gasteiger partial charge in [-0.15, -0.1) is 0 Å². The van der Waals surface area contributed by atoms with Gasteiger partial charge in [0.25, 0.3) is 5.91 Å². The first kappa shape index (κ1) is 10.8. The first-order chi connectivity index (χ1) is 6.49. The van der Waals surface area contributed by atoms with Crippen molar-refractivity contribution in [1.82, 2.24) is 9.88 Å². The van der Waals surface area contributed by atoms with Crippen LogP contribution < -0.4 is 5.32 Å². The van der Waals surface area contributed by atoms with Crippen LogP contribution in [0.25, 0.3) is 0 Å². The highest BCUT2D eigenvalue weighted by molar-refractivity contribution is 5.82. The third kappa shape index (κ3) is 1.65. The molecule has 2 N–H and O–H groups in total. The molecule has 1 atom stereocenters. The molecule has 0 fully saturated rings. The third-order valence-electron chi connectivity index (χ3n) is 2.60. The van der Waals surface area contributed by atoms with Crippen molar-refractivity contribution in [2.45, 2.75) is 20.0 Å². The maximum absolute atomic E-state index is 11.2. The summed E-state index contributed by atoms with van der Waals surface area (Å²) in [6, 6.07) is 1.83. The van der Waals surface area contributed by atoms with Gasteiger partial charge in [0.2, 0.25) is 0 Å². The van der Waals surface area contributed by atoms with Crippen molar-refractivity contribution in [2.24, 2.45) is 7.05 Å². The molecule has 0 bridgehead atoms. The fourth-order valence-electron chi connectivity index (χ4n) is 1.44. The molecule has 1 amide bonds. The van der Waals surface area contributed by atoms with Crippen molar-refractivity contribution in [1.29, 1.82) is 0 Å². The number of carbonyl (C=O) groups is 1. The number of nitrogens with zero attached hydrogens (tertiary/aromatic N) is 1. The van der Waals surface area contributed by atoms with E-state index in [0.717, 1.165) is 11.4 Å². The van der Waals surface area contributed by atoms with Crippen LogP contribution in [-0.4, -0.2) is 22.6 Å². The first-order valence-electron chi connectivity index (χ1n) is 4.51. The largest absolute Gasteiger partial charge is 0.378 e. The van der Waals surface area contributed by atoms with Gasteiger partial charge in [0.15, 0.2) is 6.10 Å². The molecular formula is C10H16N2O2. The van der Waals surface area contributed by atoms with E-state index in [1.165, 1.54) is 7.05 Å². The second-order valence-electron chi connectivity index (χ2n) is 3.40. The SMILES string of the molecule is CNC(=O)C(O)c1cc(C)n(C)c1C. The van der Waals surface area contributed by atoms with Gasteiger partial charge >= 0.3 is 0 Å². The van der Waals surface area contributed by atoms with E-state index in [9.17, 15) is 9.90 Å². The molecule has 1 rings (SSSR count). The molecule has 1 heterocycles. The van der Waals surface area contributed by atoms with Crippen LogP contribution in [0.1, 0.15) is 23.1 Å². The lowest BCUT2D eigenvalue weighted by atomic mass is 10.1. The zero-order valence-corrected chi connectivity index (χ0v) is 8.96. The molecule has 1 aromatic heterocycles. The highest BCUT2D eigenvalue weighted by Gasteiger charge is 2.20. The Morgan fingerprint density at radius 3 is 2.50 bits per heavy atom. The predicted molar refractivity (Wildman–Crippen MR) is 53.9 cm³/mol. The highest BCUT2D eigenvalue weighted by Crippen LogP contribution is 2.20. The van der Waals surface area contributed by atoms with Gasteiger partial charge in [0, 0.05) is 31.0 Å². The minimum absolute atomic E-state index is 0.376. The quantitative estimate of drug-likeness (QED) is 0.720. The van der Waals surface area contributed by atoms with Gasteiger partial charge in [-0.3, -0.25) is 4.79 Å². The molecule has 4 heteroatoms. The molecule has 0 spiro atoms. The van der Waals surface area contributed by atoms with Gasteiger partial charge in [-0.1, -0.05) is 0 Å². The summed E-state index contributed by atoms with van der Waals surface area (Å²) in [6.07, 6.45) is -1.07. The second kappa shape index (κ2) is 3.84. The van der Waals surface area contributed by atoms with Crippen molar-refractivity contribution in [2.75, 3.05) is 7.05 Å². The second-order valence-corrected chi connectivity index (χ2v) is 3.40. The van der Waals surface area contributed by atoms with Crippen molar-refractivity contribution < 1.29 is 9.90 Å². The van der Waals surface area contributed by atoms with Crippen LogP contribution >= 0.6 is 0 Å². The number of hydrogen-bond donors (Lipinski definition) is 2. The fourth-order valence-corrected chi connectivity index (χ4v) is 1.44. The van der Waals surface area contributed by atoms with Gasteiger partial charge in [-0.25, -0.2) is 0 Å². The highest BCUT2D eigenvalue weighted by atomic mass is 16.3. The summed E-state index contributed by atoms with van der Waals surface area (Å²) in [5.41, 5.74) is 2.61. The number of amides is 1. The lowest BCUT2D eigenvalue weighted by Crippen LogP contribution is -2.25. The molecule has 0 aliphatic heterocycles. The van der Waals surface area contributed by atoms with Gasteiger partial charge in [-0.05, 0) is 19.9 Å². The lowest BCUT2D eigenvalue weighted by Gasteiger charge is -2.08. The summed E-state index contributed by atoms with van der Waals surface area (Å²) in [6.45, 7) is 3.82. The van der Waals surface area contributed by atoms with Crippen molar-refractivity contribution in [3.63, 3.8) is 0 Å². The van der Waals surface area contributed by atoms with Crippen LogP contribution in [-0.2, 0) is 11.8 Å². The Balaban J connectivity index is 3.07. The van der Waals surface area contributed by atoms with Gasteiger partial charge in [0.05, 0.1) is 0 Å². The zero-order valence-electron chi connectivity index (χ0n) is 8.96. The Morgan fingerprint density at radius 2 is 2.14 bits per heavy atom. The Labute approximate surface area is 83.5 Å². The smallest absolute Gasteiger partial charge is 0.253 e. The molecular weight excluding hydrogens is 180 g/mol. The fraction of sp³-hybridized carbons (Fsp3) is 0.500. The molecule has 4 nitrogen and oxygen atoms in total. The van der Waals surface area contributed by atoms with Crippen LogP contribution in [0, 0.1) is 13.8 Å². The van der Waals surface area contributed by atoms with Crippen LogP contribution in [0.2, 0.25) is 0 Å². The summed E-state index contributed by atoms with van der Waals surface area (Å²) >= 11 is 0. The van der Waals surface area contributed by atoms with E-state index >= 15 is 0 Å². The molecule has 0 radical (unpaired) electrons. The Kier molecular flexibility index (Phi) is 2.96. The Morgan fingerprint density at radius 1 is 1.57 bits per heavy atom. The van der Waals surface area contributed by atoms with Crippen LogP contribution in [0.5, 0.6) is 0 Å². The van der Waals surface area contributed by atoms with Crippen LogP contribution in [0.3, 0.4) is 0 Å². The average Bonchev–Trinajstić information content (AvgIpc) is 2.43. The van der Waals surface area contributed by atoms with E-state index in [4.69, 9.17) is 0 Å². The number of likely N-dealkylation sites (N-methyl/N-ethyl adjacent to an activating group) is 1. The zero-order chi connectivity index (χ0) is 10.9. The number of nitrogens with one attached hydrogen (secondary N) is 1. The molecule has 0 aliphatic rings. The lowest BCUT2D eigenvalue weighted by molar-refractivity contribution is -0.129. The number of aromatic nitrogens is 1. The Bertz CT molecular complexity index is 355. The summed E-state index contributed by atoms with van der Waals surface area (Å²) in [4.78, 5) is 11.2. The van der Waals surface area contributed by atoms with Crippen molar-refractivity contribution >= 4 is 5.91 Å². The summed E-state index contributed by atoms with van der Waals surface area (Å²) in [5.74, 6) is -0.376. The van der Waals surface area contributed by atoms with Gasteiger partial charge in [-0.2, -0.15) is 0 Å². The molecule has 14 heavy (non-hydrogen) atoms. The predicted octanol–water partition coefficient (Wildman–Crippen LogP) is 0.421. The number of rotatable bonds is 2. The van der Waals surface area contributed by atoms with Crippen molar-refractivity contribution in [3.8, 4) is 0 Å². The van der Waals surface area contributed by atoms with Crippen molar-refractivity contribution in [3.05, 3.63) is 23.0 Å². The van der Waals surface area contributed by atoms with E-state index in [2.05, 4.69) is 5.32 Å². The van der Waals surface area contributed by atoms with E-state index in [1.807, 2.05) is 31.5 Å². The van der Waals surface area contributed by atoms with E-state index < -0.39 is 6.10 Å². The number of aliphatic hydroxyl groups is 1. The number of aryl methyl sites for hydroxylation is 1. The first-order valence-corrected chi connectivity index (χ1v) is 4.51. The summed E-state index contributed by atoms with van der Waals surface area (Å²) in [7, 11) is 3.42. The van der Waals surface area contributed by atoms with E-state index in [0.29, 0.717) is 5.56 Å². The van der Waals surface area contributed by atoms with E-state index in [-0.39, 0.29) is 5.91 Å². The Hall–Kier alpha value is -1.29. The van der Waals surface area contributed by atoms with Gasteiger partial charge in [0.1, 0.15) is 0 Å². The monoisotopic (exact) mass is 196 g/mol. The molecule has 0 aliphatic carbocycles.